The van der Waals surface area contributed by atoms with E-state index >= 15 is 0 Å². The van der Waals surface area contributed by atoms with Crippen LogP contribution in [-0.4, -0.2) is 35.2 Å². The summed E-state index contributed by atoms with van der Waals surface area (Å²) in [6.45, 7) is 2.77. The fraction of sp³-hybridized carbons (Fsp3) is 0.485. The molecule has 6 saturated carbocycles. The summed E-state index contributed by atoms with van der Waals surface area (Å²) >= 11 is 0. The standard InChI is InChI=1S/C33H36FN3O2/c1-23-5-3-8-27(36-23)31-13-10-30(11-14-31,12-15-31)22-37(29(38)32-19-33(34,20-32)21-32)26-7-4-6-24(17-26)25-9-16-35-28(18-25)39-2/h3-9,16-18H,10-15,19-22H2,1-2H3. The lowest BCUT2D eigenvalue weighted by molar-refractivity contribution is -0.211. The fourth-order valence-electron chi connectivity index (χ4n) is 8.07. The van der Waals surface area contributed by atoms with Crippen molar-refractivity contribution in [2.45, 2.75) is 75.8 Å². The SMILES string of the molecule is COc1cc(-c2cccc(N(CC34CCC(c5cccc(C)n5)(CC3)CC4)C(=O)C34CC(F)(C3)C4)c2)ccn1. The molecule has 9 rings (SSSR count). The molecule has 6 fully saturated rings. The number of hydrogen-bond acceptors (Lipinski definition) is 4. The summed E-state index contributed by atoms with van der Waals surface area (Å²) < 4.78 is 19.9. The van der Waals surface area contributed by atoms with Gasteiger partial charge in [0, 0.05) is 41.3 Å². The Labute approximate surface area is 229 Å². The lowest BCUT2D eigenvalue weighted by atomic mass is 9.41. The van der Waals surface area contributed by atoms with Crippen LogP contribution in [0.4, 0.5) is 10.1 Å². The Morgan fingerprint density at radius 2 is 1.64 bits per heavy atom. The normalized spacial score (nSPS) is 32.2. The number of ether oxygens (including phenoxy) is 1. The Hall–Kier alpha value is -3.28. The lowest BCUT2D eigenvalue weighted by Crippen LogP contribution is -2.71. The van der Waals surface area contributed by atoms with E-state index in [-0.39, 0.29) is 16.7 Å². The van der Waals surface area contributed by atoms with E-state index in [0.29, 0.717) is 31.7 Å². The summed E-state index contributed by atoms with van der Waals surface area (Å²) in [7, 11) is 1.61. The molecule has 0 aliphatic heterocycles. The molecule has 1 aromatic carbocycles. The van der Waals surface area contributed by atoms with E-state index in [4.69, 9.17) is 9.72 Å². The summed E-state index contributed by atoms with van der Waals surface area (Å²) in [4.78, 5) is 25.4. The second-order valence-electron chi connectivity index (χ2n) is 12.9. The number of fused-ring (bicyclic) bond motifs is 3. The number of benzene rings is 1. The minimum absolute atomic E-state index is 0.0913. The van der Waals surface area contributed by atoms with Gasteiger partial charge >= 0.3 is 0 Å². The highest BCUT2D eigenvalue weighted by molar-refractivity contribution is 6.00. The van der Waals surface area contributed by atoms with E-state index in [0.717, 1.165) is 61.0 Å². The number of hydrogen-bond donors (Lipinski definition) is 0. The molecule has 2 heterocycles. The quantitative estimate of drug-likeness (QED) is 0.334. The van der Waals surface area contributed by atoms with Gasteiger partial charge in [-0.2, -0.15) is 0 Å². The highest BCUT2D eigenvalue weighted by Crippen LogP contribution is 2.70. The zero-order valence-electron chi connectivity index (χ0n) is 22.9. The van der Waals surface area contributed by atoms with Crippen molar-refractivity contribution in [3.8, 4) is 17.0 Å². The number of nitrogens with zero attached hydrogens (tertiary/aromatic N) is 3. The van der Waals surface area contributed by atoms with Crippen LogP contribution in [0.25, 0.3) is 11.1 Å². The number of aryl methyl sites for hydroxylation is 1. The average Bonchev–Trinajstić information content (AvgIpc) is 2.94. The highest BCUT2D eigenvalue weighted by atomic mass is 19.1. The maximum atomic E-state index is 14.5. The molecule has 0 N–H and O–H groups in total. The molecule has 6 aliphatic carbocycles. The number of pyridine rings is 2. The van der Waals surface area contributed by atoms with Gasteiger partial charge in [0.2, 0.25) is 11.8 Å². The highest BCUT2D eigenvalue weighted by Gasteiger charge is 2.73. The van der Waals surface area contributed by atoms with E-state index < -0.39 is 11.1 Å². The van der Waals surface area contributed by atoms with Gasteiger partial charge in [-0.15, -0.1) is 0 Å². The van der Waals surface area contributed by atoms with Crippen molar-refractivity contribution in [3.05, 3.63) is 72.2 Å². The summed E-state index contributed by atoms with van der Waals surface area (Å²) in [5, 5.41) is 0. The Kier molecular flexibility index (Phi) is 5.46. The molecule has 5 nitrogen and oxygen atoms in total. The largest absolute Gasteiger partial charge is 0.481 e. The zero-order chi connectivity index (χ0) is 26.9. The Morgan fingerprint density at radius 1 is 0.949 bits per heavy atom. The monoisotopic (exact) mass is 525 g/mol. The molecule has 0 atom stereocenters. The molecule has 4 bridgehead atoms. The van der Waals surface area contributed by atoms with Gasteiger partial charge < -0.3 is 9.64 Å². The number of aromatic nitrogens is 2. The van der Waals surface area contributed by atoms with E-state index in [1.165, 1.54) is 5.69 Å². The Balaban J connectivity index is 1.19. The first-order valence-corrected chi connectivity index (χ1v) is 14.3. The number of carbonyl (C=O) groups is 1. The average molecular weight is 526 g/mol. The van der Waals surface area contributed by atoms with Gasteiger partial charge in [0.05, 0.1) is 12.5 Å². The molecule has 0 unspecified atom stereocenters. The first-order chi connectivity index (χ1) is 18.8. The number of anilines is 1. The molecule has 202 valence electrons. The molecule has 6 aliphatic rings. The van der Waals surface area contributed by atoms with E-state index in [1.807, 2.05) is 29.2 Å². The topological polar surface area (TPSA) is 55.3 Å². The minimum Gasteiger partial charge on any atom is -0.481 e. The van der Waals surface area contributed by atoms with Crippen LogP contribution < -0.4 is 9.64 Å². The van der Waals surface area contributed by atoms with Gasteiger partial charge in [-0.1, -0.05) is 18.2 Å². The summed E-state index contributed by atoms with van der Waals surface area (Å²) in [6, 6.07) is 18.5. The molecule has 3 aromatic rings. The molecule has 6 heteroatoms. The number of carbonyl (C=O) groups excluding carboxylic acids is 1. The van der Waals surface area contributed by atoms with Gasteiger partial charge in [-0.05, 0) is 112 Å². The van der Waals surface area contributed by atoms with Crippen LogP contribution >= 0.6 is 0 Å². The first kappa shape index (κ1) is 24.7. The van der Waals surface area contributed by atoms with Gasteiger partial charge in [0.1, 0.15) is 5.67 Å². The third-order valence-electron chi connectivity index (χ3n) is 10.4. The number of halogens is 1. The number of amides is 1. The number of methoxy groups -OCH3 is 1. The summed E-state index contributed by atoms with van der Waals surface area (Å²) in [5.41, 5.74) is 3.87. The molecular formula is C33H36FN3O2. The first-order valence-electron chi connectivity index (χ1n) is 14.3. The van der Waals surface area contributed by atoms with E-state index in [2.05, 4.69) is 42.2 Å². The zero-order valence-corrected chi connectivity index (χ0v) is 22.9. The van der Waals surface area contributed by atoms with Crippen LogP contribution in [0.15, 0.2) is 60.8 Å². The smallest absolute Gasteiger partial charge is 0.233 e. The van der Waals surface area contributed by atoms with Gasteiger partial charge in [0.15, 0.2) is 0 Å². The Bertz CT molecular complexity index is 1410. The van der Waals surface area contributed by atoms with Gasteiger partial charge in [-0.3, -0.25) is 9.78 Å². The summed E-state index contributed by atoms with van der Waals surface area (Å²) in [5.74, 6) is 0.673. The van der Waals surface area contributed by atoms with E-state index in [1.54, 1.807) is 13.3 Å². The third-order valence-corrected chi connectivity index (χ3v) is 10.4. The predicted molar refractivity (Wildman–Crippen MR) is 149 cm³/mol. The van der Waals surface area contributed by atoms with Crippen molar-refractivity contribution >= 4 is 11.6 Å². The van der Waals surface area contributed by atoms with Crippen molar-refractivity contribution in [3.63, 3.8) is 0 Å². The molecule has 0 spiro atoms. The van der Waals surface area contributed by atoms with Crippen molar-refractivity contribution in [2.75, 3.05) is 18.6 Å². The molecule has 39 heavy (non-hydrogen) atoms. The van der Waals surface area contributed by atoms with Crippen LogP contribution in [0.3, 0.4) is 0 Å². The maximum Gasteiger partial charge on any atom is 0.233 e. The van der Waals surface area contributed by atoms with Crippen molar-refractivity contribution in [2.24, 2.45) is 10.8 Å². The molecular weight excluding hydrogens is 489 g/mol. The lowest BCUT2D eigenvalue weighted by Gasteiger charge is -2.65. The van der Waals surface area contributed by atoms with Crippen molar-refractivity contribution < 1.29 is 13.9 Å². The third kappa shape index (κ3) is 3.97. The molecule has 1 amide bonds. The van der Waals surface area contributed by atoms with Gasteiger partial charge in [-0.25, -0.2) is 9.37 Å². The van der Waals surface area contributed by atoms with Crippen LogP contribution in [0.2, 0.25) is 0 Å². The number of rotatable bonds is 7. The summed E-state index contributed by atoms with van der Waals surface area (Å²) in [6.07, 6.45) is 9.49. The molecule has 0 saturated heterocycles. The Morgan fingerprint density at radius 3 is 2.31 bits per heavy atom. The molecule has 2 aromatic heterocycles. The van der Waals surface area contributed by atoms with Crippen LogP contribution in [0, 0.1) is 17.8 Å². The van der Waals surface area contributed by atoms with Crippen LogP contribution in [-0.2, 0) is 10.2 Å². The van der Waals surface area contributed by atoms with Crippen molar-refractivity contribution in [1.82, 2.24) is 9.97 Å². The maximum absolute atomic E-state index is 14.5. The number of alkyl halides is 1. The minimum atomic E-state index is -1.11. The van der Waals surface area contributed by atoms with Gasteiger partial charge in [0.25, 0.3) is 0 Å². The van der Waals surface area contributed by atoms with E-state index in [9.17, 15) is 9.18 Å². The van der Waals surface area contributed by atoms with Crippen molar-refractivity contribution in [1.29, 1.82) is 0 Å². The van der Waals surface area contributed by atoms with Crippen LogP contribution in [0.1, 0.15) is 69.2 Å². The second kappa shape index (κ2) is 8.61. The molecule has 0 radical (unpaired) electrons. The predicted octanol–water partition coefficient (Wildman–Crippen LogP) is 6.98. The van der Waals surface area contributed by atoms with Crippen LogP contribution in [0.5, 0.6) is 5.88 Å². The second-order valence-corrected chi connectivity index (χ2v) is 12.9. The fourth-order valence-corrected chi connectivity index (χ4v) is 8.07.